The van der Waals surface area contributed by atoms with Crippen molar-refractivity contribution in [1.29, 1.82) is 0 Å². The van der Waals surface area contributed by atoms with Gasteiger partial charge in [0.15, 0.2) is 0 Å². The van der Waals surface area contributed by atoms with Gasteiger partial charge in [-0.2, -0.15) is 0 Å². The van der Waals surface area contributed by atoms with E-state index < -0.39 is 16.4 Å². The summed E-state index contributed by atoms with van der Waals surface area (Å²) in [7, 11) is -3.42. The average Bonchev–Trinajstić information content (AvgIpc) is 3.55. The second-order valence-corrected chi connectivity index (χ2v) is 14.1. The molecule has 1 heterocycles. The molecule has 5 rings (SSSR count). The molecule has 2 fully saturated rings. The number of halogens is 3. The lowest BCUT2D eigenvalue weighted by atomic mass is 9.63. The van der Waals surface area contributed by atoms with E-state index >= 15 is 0 Å². The van der Waals surface area contributed by atoms with E-state index in [-0.39, 0.29) is 27.9 Å². The molecule has 11 heteroatoms. The zero-order valence-corrected chi connectivity index (χ0v) is 22.7. The number of alkyl halides is 3. The highest BCUT2D eigenvalue weighted by Crippen LogP contribution is 2.51. The normalized spacial score (nSPS) is 19.9. The number of hydrogen-bond acceptors (Lipinski definition) is 5. The Hall–Kier alpha value is -2.95. The smallest absolute Gasteiger partial charge is 0.406 e. The lowest BCUT2D eigenvalue weighted by molar-refractivity contribution is -0.274. The summed E-state index contributed by atoms with van der Waals surface area (Å²) < 4.78 is 71.5. The predicted molar refractivity (Wildman–Crippen MR) is 142 cm³/mol. The fourth-order valence-electron chi connectivity index (χ4n) is 6.09. The molecule has 1 aromatic heterocycles. The van der Waals surface area contributed by atoms with E-state index in [9.17, 15) is 21.6 Å². The summed E-state index contributed by atoms with van der Waals surface area (Å²) in [5.41, 5.74) is 2.69. The number of rotatable bonds is 7. The van der Waals surface area contributed by atoms with Crippen LogP contribution in [0.15, 0.2) is 42.5 Å². The summed E-state index contributed by atoms with van der Waals surface area (Å²) in [6.07, 6.45) is -0.501. The molecule has 2 N–H and O–H groups in total. The molecule has 0 spiro atoms. The van der Waals surface area contributed by atoms with Gasteiger partial charge in [-0.1, -0.05) is 27.7 Å². The molecule has 0 bridgehead atoms. The predicted octanol–water partition coefficient (Wildman–Crippen LogP) is 7.36. The van der Waals surface area contributed by atoms with Gasteiger partial charge in [-0.3, -0.25) is 4.72 Å². The maximum absolute atomic E-state index is 12.6. The number of sulfonamides is 1. The minimum Gasteiger partial charge on any atom is -0.406 e. The van der Waals surface area contributed by atoms with Crippen molar-refractivity contribution in [3.8, 4) is 5.75 Å². The molecule has 0 amide bonds. The van der Waals surface area contributed by atoms with Crippen LogP contribution in [0.5, 0.6) is 5.75 Å². The van der Waals surface area contributed by atoms with E-state index in [4.69, 9.17) is 4.98 Å². The third-order valence-electron chi connectivity index (χ3n) is 7.16. The standard InChI is InChI=1S/C27H33F3N4O3S/c1-25(2)14-19(15-26(3,4)16-25)34-23-12-7-18(33-38(35,36)21-10-11-21)13-22(23)32-24(34)31-17-5-8-20(9-6-17)37-27(28,29)30/h5-9,12-13,19,21,33H,10-11,14-16H2,1-4H3,(H,31,32). The van der Waals surface area contributed by atoms with Gasteiger partial charge in [-0.05, 0) is 85.4 Å². The summed E-state index contributed by atoms with van der Waals surface area (Å²) in [5, 5.41) is 2.93. The first kappa shape index (κ1) is 26.6. The highest BCUT2D eigenvalue weighted by Gasteiger charge is 2.40. The van der Waals surface area contributed by atoms with E-state index in [1.807, 2.05) is 6.07 Å². The highest BCUT2D eigenvalue weighted by atomic mass is 32.2. The van der Waals surface area contributed by atoms with Gasteiger partial charge in [0.25, 0.3) is 0 Å². The molecule has 0 radical (unpaired) electrons. The van der Waals surface area contributed by atoms with Crippen molar-refractivity contribution < 1.29 is 26.3 Å². The molecular weight excluding hydrogens is 517 g/mol. The van der Waals surface area contributed by atoms with Gasteiger partial charge < -0.3 is 14.6 Å². The molecule has 0 saturated heterocycles. The van der Waals surface area contributed by atoms with Gasteiger partial charge in [0, 0.05) is 11.7 Å². The van der Waals surface area contributed by atoms with Gasteiger partial charge in [0.2, 0.25) is 16.0 Å². The summed E-state index contributed by atoms with van der Waals surface area (Å²) in [6, 6.07) is 11.0. The van der Waals surface area contributed by atoms with Crippen molar-refractivity contribution in [2.24, 2.45) is 10.8 Å². The number of ether oxygens (including phenoxy) is 1. The third kappa shape index (κ3) is 6.03. The monoisotopic (exact) mass is 550 g/mol. The second kappa shape index (κ2) is 9.07. The first-order chi connectivity index (χ1) is 17.6. The Morgan fingerprint density at radius 3 is 2.16 bits per heavy atom. The number of benzene rings is 2. The zero-order chi connectivity index (χ0) is 27.5. The number of anilines is 3. The molecule has 0 unspecified atom stereocenters. The van der Waals surface area contributed by atoms with Crippen molar-refractivity contribution in [2.75, 3.05) is 10.0 Å². The minimum atomic E-state index is -4.76. The van der Waals surface area contributed by atoms with Crippen LogP contribution in [0.2, 0.25) is 0 Å². The Labute approximate surface area is 220 Å². The zero-order valence-electron chi connectivity index (χ0n) is 21.9. The van der Waals surface area contributed by atoms with E-state index in [0.29, 0.717) is 35.7 Å². The molecule has 0 aliphatic heterocycles. The number of nitrogens with zero attached hydrogens (tertiary/aromatic N) is 2. The molecule has 3 aromatic rings. The van der Waals surface area contributed by atoms with E-state index in [1.54, 1.807) is 12.1 Å². The van der Waals surface area contributed by atoms with Crippen LogP contribution in [0.4, 0.5) is 30.5 Å². The van der Waals surface area contributed by atoms with E-state index in [0.717, 1.165) is 24.8 Å². The maximum Gasteiger partial charge on any atom is 0.573 e. The Morgan fingerprint density at radius 1 is 0.974 bits per heavy atom. The Bertz CT molecular complexity index is 1430. The lowest BCUT2D eigenvalue weighted by Gasteiger charge is -2.45. The largest absolute Gasteiger partial charge is 0.573 e. The van der Waals surface area contributed by atoms with Gasteiger partial charge in [0.1, 0.15) is 5.75 Å². The van der Waals surface area contributed by atoms with Crippen molar-refractivity contribution in [3.05, 3.63) is 42.5 Å². The van der Waals surface area contributed by atoms with Crippen LogP contribution in [-0.2, 0) is 10.0 Å². The third-order valence-corrected chi connectivity index (χ3v) is 9.02. The summed E-state index contributed by atoms with van der Waals surface area (Å²) in [4.78, 5) is 4.82. The number of nitrogens with one attached hydrogen (secondary N) is 2. The molecule has 7 nitrogen and oxygen atoms in total. The molecule has 38 heavy (non-hydrogen) atoms. The SMILES string of the molecule is CC1(C)CC(n2c(Nc3ccc(OC(F)(F)F)cc3)nc3cc(NS(=O)(=O)C4CC4)ccc32)CC(C)(C)C1. The van der Waals surface area contributed by atoms with Crippen LogP contribution in [0.25, 0.3) is 11.0 Å². The van der Waals surface area contributed by atoms with Gasteiger partial charge >= 0.3 is 6.36 Å². The number of hydrogen-bond donors (Lipinski definition) is 2. The lowest BCUT2D eigenvalue weighted by Crippen LogP contribution is -2.35. The summed E-state index contributed by atoms with van der Waals surface area (Å²) >= 11 is 0. The molecule has 2 saturated carbocycles. The first-order valence-electron chi connectivity index (χ1n) is 12.8. The molecule has 206 valence electrons. The fourth-order valence-corrected chi connectivity index (χ4v) is 7.46. The highest BCUT2D eigenvalue weighted by molar-refractivity contribution is 7.93. The van der Waals surface area contributed by atoms with Crippen LogP contribution < -0.4 is 14.8 Å². The maximum atomic E-state index is 12.6. The average molecular weight is 551 g/mol. The molecule has 2 aromatic carbocycles. The number of fused-ring (bicyclic) bond motifs is 1. The van der Waals surface area contributed by atoms with Crippen LogP contribution in [0.1, 0.15) is 65.8 Å². The first-order valence-corrected chi connectivity index (χ1v) is 14.3. The number of aromatic nitrogens is 2. The fraction of sp³-hybridized carbons (Fsp3) is 0.519. The second-order valence-electron chi connectivity index (χ2n) is 12.1. The molecule has 2 aliphatic carbocycles. The Kier molecular flexibility index (Phi) is 6.36. The van der Waals surface area contributed by atoms with Crippen molar-refractivity contribution in [2.45, 2.75) is 77.5 Å². The Morgan fingerprint density at radius 2 is 1.58 bits per heavy atom. The molecule has 2 aliphatic rings. The quantitative estimate of drug-likeness (QED) is 0.321. The van der Waals surface area contributed by atoms with Gasteiger partial charge in [-0.15, -0.1) is 13.2 Å². The van der Waals surface area contributed by atoms with Crippen LogP contribution in [0.3, 0.4) is 0 Å². The number of imidazole rings is 1. The van der Waals surface area contributed by atoms with E-state index in [2.05, 4.69) is 47.0 Å². The Balaban J connectivity index is 1.52. The van der Waals surface area contributed by atoms with Crippen molar-refractivity contribution >= 4 is 38.4 Å². The van der Waals surface area contributed by atoms with Crippen molar-refractivity contribution in [3.63, 3.8) is 0 Å². The van der Waals surface area contributed by atoms with Crippen LogP contribution in [0, 0.1) is 10.8 Å². The van der Waals surface area contributed by atoms with Crippen molar-refractivity contribution in [1.82, 2.24) is 9.55 Å². The minimum absolute atomic E-state index is 0.0939. The van der Waals surface area contributed by atoms with Crippen LogP contribution >= 0.6 is 0 Å². The summed E-state index contributed by atoms with van der Waals surface area (Å²) in [5.74, 6) is 0.241. The van der Waals surface area contributed by atoms with Crippen LogP contribution in [-0.4, -0.2) is 29.6 Å². The van der Waals surface area contributed by atoms with Gasteiger partial charge in [-0.25, -0.2) is 13.4 Å². The summed E-state index contributed by atoms with van der Waals surface area (Å²) in [6.45, 7) is 9.04. The van der Waals surface area contributed by atoms with Gasteiger partial charge in [0.05, 0.1) is 22.0 Å². The molecular formula is C27H33F3N4O3S. The topological polar surface area (TPSA) is 85.2 Å². The van der Waals surface area contributed by atoms with E-state index in [1.165, 1.54) is 24.3 Å². The molecule has 0 atom stereocenters.